The predicted octanol–water partition coefficient (Wildman–Crippen LogP) is 5.24. The van der Waals surface area contributed by atoms with E-state index in [2.05, 4.69) is 34.6 Å². The molecule has 176 valence electrons. The Morgan fingerprint density at radius 3 is 2.06 bits per heavy atom. The third-order valence-electron chi connectivity index (χ3n) is 12.5. The van der Waals surface area contributed by atoms with Gasteiger partial charge >= 0.3 is 5.97 Å². The van der Waals surface area contributed by atoms with E-state index in [4.69, 9.17) is 4.74 Å². The van der Waals surface area contributed by atoms with Gasteiger partial charge in [-0.25, -0.2) is 0 Å². The average molecular weight is 433 g/mol. The molecule has 31 heavy (non-hydrogen) atoms. The Morgan fingerprint density at radius 1 is 0.774 bits per heavy atom. The number of carbonyl (C=O) groups is 1. The Balaban J connectivity index is 1.52. The molecular formula is C27H44O4. The van der Waals surface area contributed by atoms with E-state index in [1.807, 2.05) is 6.92 Å². The zero-order chi connectivity index (χ0) is 22.7. The Hall–Kier alpha value is -0.610. The second kappa shape index (κ2) is 6.29. The van der Waals surface area contributed by atoms with Gasteiger partial charge in [-0.15, -0.1) is 0 Å². The van der Waals surface area contributed by atoms with Crippen molar-refractivity contribution in [3.63, 3.8) is 0 Å². The number of ether oxygens (including phenoxy) is 1. The molecule has 4 nitrogen and oxygen atoms in total. The molecule has 0 aromatic rings. The van der Waals surface area contributed by atoms with Gasteiger partial charge in [0.25, 0.3) is 0 Å². The summed E-state index contributed by atoms with van der Waals surface area (Å²) in [6.45, 7) is 14.1. The lowest BCUT2D eigenvalue weighted by Gasteiger charge is -2.70. The highest BCUT2D eigenvalue weighted by Crippen LogP contribution is 2.76. The van der Waals surface area contributed by atoms with Crippen LogP contribution in [0.2, 0.25) is 0 Å². The van der Waals surface area contributed by atoms with E-state index in [0.717, 1.165) is 38.5 Å². The zero-order valence-electron chi connectivity index (χ0n) is 20.6. The van der Waals surface area contributed by atoms with Gasteiger partial charge in [0.15, 0.2) is 0 Å². The van der Waals surface area contributed by atoms with Gasteiger partial charge in [-0.2, -0.15) is 0 Å². The molecule has 5 fully saturated rings. The molecule has 5 rings (SSSR count). The fourth-order valence-corrected chi connectivity index (χ4v) is 10.4. The number of esters is 1. The second-order valence-corrected chi connectivity index (χ2v) is 13.6. The van der Waals surface area contributed by atoms with E-state index in [1.54, 1.807) is 0 Å². The topological polar surface area (TPSA) is 66.8 Å². The fourth-order valence-electron chi connectivity index (χ4n) is 10.4. The monoisotopic (exact) mass is 432 g/mol. The van der Waals surface area contributed by atoms with Crippen molar-refractivity contribution in [3.8, 4) is 0 Å². The molecule has 1 saturated heterocycles. The summed E-state index contributed by atoms with van der Waals surface area (Å²) in [6.07, 6.45) is 9.15. The van der Waals surface area contributed by atoms with Crippen LogP contribution < -0.4 is 0 Å². The van der Waals surface area contributed by atoms with Gasteiger partial charge in [-0.3, -0.25) is 4.79 Å². The summed E-state index contributed by atoms with van der Waals surface area (Å²) >= 11 is 0. The van der Waals surface area contributed by atoms with E-state index in [0.29, 0.717) is 24.7 Å². The normalized spacial score (nSPS) is 58.3. The standard InChI is InChI=1S/C27H44O4/c1-22(2)17-9-13-24(4)18(23(17,3)12-10-20(22)28)7-8-19-25(24,5)15-16-27(19,30)26(6)14-11-21(29)31-26/h17-20,28,30H,7-16H2,1-6H3/t17?,18?,19?,20?,23-,24+,25+,26-,27+/m0/s1. The minimum absolute atomic E-state index is 0.0337. The first-order valence-electron chi connectivity index (χ1n) is 12.9. The number of aliphatic hydroxyl groups is 2. The van der Waals surface area contributed by atoms with Gasteiger partial charge in [0.2, 0.25) is 0 Å². The maximum Gasteiger partial charge on any atom is 0.306 e. The van der Waals surface area contributed by atoms with E-state index < -0.39 is 11.2 Å². The largest absolute Gasteiger partial charge is 0.456 e. The number of fused-ring (bicyclic) bond motifs is 5. The van der Waals surface area contributed by atoms with Gasteiger partial charge in [0, 0.05) is 12.8 Å². The molecule has 0 radical (unpaired) electrons. The van der Waals surface area contributed by atoms with Crippen LogP contribution in [0.1, 0.15) is 106 Å². The Bertz CT molecular complexity index is 792. The number of hydrogen-bond donors (Lipinski definition) is 2. The van der Waals surface area contributed by atoms with E-state index >= 15 is 0 Å². The Kier molecular flexibility index (Phi) is 4.50. The van der Waals surface area contributed by atoms with Gasteiger partial charge in [0.1, 0.15) is 11.2 Å². The number of aliphatic hydroxyl groups excluding tert-OH is 1. The van der Waals surface area contributed by atoms with Gasteiger partial charge < -0.3 is 14.9 Å². The molecule has 5 aliphatic rings. The van der Waals surface area contributed by atoms with Crippen molar-refractivity contribution < 1.29 is 19.7 Å². The molecule has 4 heteroatoms. The molecule has 9 atom stereocenters. The third-order valence-corrected chi connectivity index (χ3v) is 12.5. The molecule has 4 saturated carbocycles. The van der Waals surface area contributed by atoms with Crippen LogP contribution in [0.15, 0.2) is 0 Å². The minimum Gasteiger partial charge on any atom is -0.456 e. The number of rotatable bonds is 1. The van der Waals surface area contributed by atoms with Crippen LogP contribution in [0.4, 0.5) is 0 Å². The summed E-state index contributed by atoms with van der Waals surface area (Å²) in [5.41, 5.74) is -1.22. The lowest BCUT2D eigenvalue weighted by molar-refractivity contribution is -0.245. The summed E-state index contributed by atoms with van der Waals surface area (Å²) in [4.78, 5) is 12.0. The average Bonchev–Trinajstić information content (AvgIpc) is 3.18. The molecule has 4 aliphatic carbocycles. The van der Waals surface area contributed by atoms with Crippen molar-refractivity contribution in [1.29, 1.82) is 0 Å². The SMILES string of the molecule is CC1(C)C(O)CC[C@@]2(C)C1CC[C@]1(C)C2CCC2[C@@](O)([C@]3(C)CCC(=O)O3)CC[C@]21C. The molecule has 1 heterocycles. The quantitative estimate of drug-likeness (QED) is 0.556. The number of carbonyl (C=O) groups excluding carboxylic acids is 1. The summed E-state index contributed by atoms with van der Waals surface area (Å²) in [6, 6.07) is 0. The second-order valence-electron chi connectivity index (χ2n) is 13.6. The molecular weight excluding hydrogens is 388 g/mol. The highest BCUT2D eigenvalue weighted by molar-refractivity contribution is 5.72. The first-order chi connectivity index (χ1) is 14.2. The highest BCUT2D eigenvalue weighted by Gasteiger charge is 2.73. The van der Waals surface area contributed by atoms with Crippen LogP contribution in [-0.2, 0) is 9.53 Å². The molecule has 0 bridgehead atoms. The van der Waals surface area contributed by atoms with Crippen molar-refractivity contribution in [2.24, 2.45) is 39.4 Å². The third kappa shape index (κ3) is 2.47. The summed E-state index contributed by atoms with van der Waals surface area (Å²) in [7, 11) is 0. The lowest BCUT2D eigenvalue weighted by atomic mass is 9.35. The van der Waals surface area contributed by atoms with Crippen molar-refractivity contribution >= 4 is 5.97 Å². The van der Waals surface area contributed by atoms with Gasteiger partial charge in [-0.1, -0.05) is 34.6 Å². The maximum absolute atomic E-state index is 12.1. The molecule has 0 amide bonds. The minimum atomic E-state index is -0.915. The van der Waals surface area contributed by atoms with Crippen LogP contribution in [0.25, 0.3) is 0 Å². The molecule has 0 aromatic heterocycles. The molecule has 0 aromatic carbocycles. The molecule has 1 aliphatic heterocycles. The molecule has 0 spiro atoms. The summed E-state index contributed by atoms with van der Waals surface area (Å²) < 4.78 is 5.83. The van der Waals surface area contributed by atoms with Gasteiger partial charge in [-0.05, 0) is 97.7 Å². The molecule has 4 unspecified atom stereocenters. The highest BCUT2D eigenvalue weighted by atomic mass is 16.6. The zero-order valence-corrected chi connectivity index (χ0v) is 20.6. The van der Waals surface area contributed by atoms with Crippen molar-refractivity contribution in [3.05, 3.63) is 0 Å². The first kappa shape index (κ1) is 22.2. The van der Waals surface area contributed by atoms with Crippen LogP contribution in [0.3, 0.4) is 0 Å². The van der Waals surface area contributed by atoms with Crippen molar-refractivity contribution in [2.45, 2.75) is 123 Å². The Labute approximate surface area is 188 Å². The van der Waals surface area contributed by atoms with E-state index in [9.17, 15) is 15.0 Å². The predicted molar refractivity (Wildman–Crippen MR) is 120 cm³/mol. The van der Waals surface area contributed by atoms with Crippen LogP contribution in [0, 0.1) is 39.4 Å². The molecule has 2 N–H and O–H groups in total. The smallest absolute Gasteiger partial charge is 0.306 e. The first-order valence-corrected chi connectivity index (χ1v) is 12.9. The Morgan fingerprint density at radius 2 is 1.42 bits per heavy atom. The van der Waals surface area contributed by atoms with Crippen LogP contribution >= 0.6 is 0 Å². The van der Waals surface area contributed by atoms with Crippen molar-refractivity contribution in [2.75, 3.05) is 0 Å². The van der Waals surface area contributed by atoms with E-state index in [-0.39, 0.29) is 39.7 Å². The van der Waals surface area contributed by atoms with E-state index in [1.165, 1.54) is 12.8 Å². The van der Waals surface area contributed by atoms with Gasteiger partial charge in [0.05, 0.1) is 6.10 Å². The number of cyclic esters (lactones) is 1. The summed E-state index contributed by atoms with van der Waals surface area (Å²) in [5, 5.41) is 23.0. The number of hydrogen-bond acceptors (Lipinski definition) is 4. The van der Waals surface area contributed by atoms with Crippen LogP contribution in [-0.4, -0.2) is 33.5 Å². The van der Waals surface area contributed by atoms with Crippen LogP contribution in [0.5, 0.6) is 0 Å². The summed E-state index contributed by atoms with van der Waals surface area (Å²) in [5.74, 6) is 1.20. The fraction of sp³-hybridized carbons (Fsp3) is 0.963. The maximum atomic E-state index is 12.1. The van der Waals surface area contributed by atoms with Crippen molar-refractivity contribution in [1.82, 2.24) is 0 Å². The lowest BCUT2D eigenvalue weighted by Crippen LogP contribution is -2.66.